The van der Waals surface area contributed by atoms with Crippen LogP contribution in [0.1, 0.15) is 11.1 Å². The molecule has 0 aliphatic rings. The van der Waals surface area contributed by atoms with Gasteiger partial charge in [-0.25, -0.2) is 0 Å². The first kappa shape index (κ1) is 16.9. The van der Waals surface area contributed by atoms with Crippen LogP contribution < -0.4 is 10.1 Å². The molecular formula is C17H20N2O4. The average Bonchev–Trinajstić information content (AvgIpc) is 2.58. The summed E-state index contributed by atoms with van der Waals surface area (Å²) in [6, 6.07) is 14.5. The number of rotatable bonds is 9. The highest BCUT2D eigenvalue weighted by molar-refractivity contribution is 5.48. The lowest BCUT2D eigenvalue weighted by Gasteiger charge is -2.10. The van der Waals surface area contributed by atoms with Crippen LogP contribution in [0.5, 0.6) is 5.75 Å². The van der Waals surface area contributed by atoms with Crippen LogP contribution in [0.15, 0.2) is 48.5 Å². The van der Waals surface area contributed by atoms with Crippen LogP contribution in [0.2, 0.25) is 0 Å². The van der Waals surface area contributed by atoms with Gasteiger partial charge in [0.05, 0.1) is 11.5 Å². The zero-order chi connectivity index (χ0) is 16.5. The van der Waals surface area contributed by atoms with Crippen molar-refractivity contribution in [2.75, 3.05) is 20.3 Å². The lowest BCUT2D eigenvalue weighted by atomic mass is 10.2. The van der Waals surface area contributed by atoms with Gasteiger partial charge in [-0.3, -0.25) is 10.1 Å². The van der Waals surface area contributed by atoms with Crippen LogP contribution in [0.4, 0.5) is 5.69 Å². The monoisotopic (exact) mass is 316 g/mol. The van der Waals surface area contributed by atoms with E-state index in [9.17, 15) is 10.1 Å². The molecule has 0 heterocycles. The number of nitrogens with one attached hydrogen (secondary N) is 1. The maximum atomic E-state index is 11.1. The molecule has 1 N–H and O–H groups in total. The average molecular weight is 316 g/mol. The summed E-state index contributed by atoms with van der Waals surface area (Å²) in [5, 5.41) is 14.3. The van der Waals surface area contributed by atoms with E-state index >= 15 is 0 Å². The fourth-order valence-corrected chi connectivity index (χ4v) is 2.08. The SMILES string of the molecule is COCCNCc1ccc([N+](=O)[O-])c(OCc2ccccc2)c1. The Hall–Kier alpha value is -2.44. The fourth-order valence-electron chi connectivity index (χ4n) is 2.08. The first-order chi connectivity index (χ1) is 11.2. The fraction of sp³-hybridized carbons (Fsp3) is 0.294. The second-order valence-corrected chi connectivity index (χ2v) is 5.00. The number of nitro groups is 1. The van der Waals surface area contributed by atoms with Gasteiger partial charge in [0.1, 0.15) is 6.61 Å². The number of nitrogens with zero attached hydrogens (tertiary/aromatic N) is 1. The third-order valence-electron chi connectivity index (χ3n) is 3.27. The van der Waals surface area contributed by atoms with Gasteiger partial charge in [0.2, 0.25) is 0 Å². The third-order valence-corrected chi connectivity index (χ3v) is 3.27. The number of nitro benzene ring substituents is 1. The van der Waals surface area contributed by atoms with E-state index in [2.05, 4.69) is 5.32 Å². The third kappa shape index (κ3) is 5.36. The van der Waals surface area contributed by atoms with Crippen molar-refractivity contribution in [1.82, 2.24) is 5.32 Å². The van der Waals surface area contributed by atoms with Gasteiger partial charge in [-0.1, -0.05) is 36.4 Å². The summed E-state index contributed by atoms with van der Waals surface area (Å²) in [5.74, 6) is 0.282. The molecule has 0 amide bonds. The summed E-state index contributed by atoms with van der Waals surface area (Å²) >= 11 is 0. The van der Waals surface area contributed by atoms with E-state index < -0.39 is 4.92 Å². The Morgan fingerprint density at radius 3 is 2.61 bits per heavy atom. The molecule has 2 aromatic rings. The molecule has 2 rings (SSSR count). The summed E-state index contributed by atoms with van der Waals surface area (Å²) in [5.41, 5.74) is 1.86. The van der Waals surface area contributed by atoms with Gasteiger partial charge >= 0.3 is 5.69 Å². The molecule has 0 radical (unpaired) electrons. The topological polar surface area (TPSA) is 73.6 Å². The number of hydrogen-bond donors (Lipinski definition) is 1. The molecule has 0 saturated heterocycles. The van der Waals surface area contributed by atoms with Gasteiger partial charge in [0.25, 0.3) is 0 Å². The highest BCUT2D eigenvalue weighted by atomic mass is 16.6. The van der Waals surface area contributed by atoms with Gasteiger partial charge < -0.3 is 14.8 Å². The molecule has 0 saturated carbocycles. The normalized spacial score (nSPS) is 10.5. The van der Waals surface area contributed by atoms with Gasteiger partial charge in [0.15, 0.2) is 5.75 Å². The molecular weight excluding hydrogens is 296 g/mol. The van der Waals surface area contributed by atoms with Crippen molar-refractivity contribution in [3.8, 4) is 5.75 Å². The van der Waals surface area contributed by atoms with Crippen molar-refractivity contribution < 1.29 is 14.4 Å². The Bertz CT molecular complexity index is 632. The quantitative estimate of drug-likeness (QED) is 0.437. The van der Waals surface area contributed by atoms with Gasteiger partial charge in [-0.2, -0.15) is 0 Å². The van der Waals surface area contributed by atoms with Crippen molar-refractivity contribution in [2.45, 2.75) is 13.2 Å². The van der Waals surface area contributed by atoms with Crippen molar-refractivity contribution in [1.29, 1.82) is 0 Å². The number of methoxy groups -OCH3 is 1. The molecule has 0 aliphatic carbocycles. The Kier molecular flexibility index (Phi) is 6.53. The van der Waals surface area contributed by atoms with Crippen LogP contribution in [0.3, 0.4) is 0 Å². The first-order valence-corrected chi connectivity index (χ1v) is 7.34. The van der Waals surface area contributed by atoms with Gasteiger partial charge in [0, 0.05) is 26.3 Å². The van der Waals surface area contributed by atoms with Crippen LogP contribution in [-0.2, 0) is 17.9 Å². The predicted molar refractivity (Wildman–Crippen MR) is 87.5 cm³/mol. The largest absolute Gasteiger partial charge is 0.482 e. The minimum absolute atomic E-state index is 0.0263. The summed E-state index contributed by atoms with van der Waals surface area (Å²) in [4.78, 5) is 10.7. The lowest BCUT2D eigenvalue weighted by molar-refractivity contribution is -0.386. The maximum Gasteiger partial charge on any atom is 0.310 e. The van der Waals surface area contributed by atoms with Crippen LogP contribution in [0, 0.1) is 10.1 Å². The maximum absolute atomic E-state index is 11.1. The van der Waals surface area contributed by atoms with E-state index in [1.165, 1.54) is 6.07 Å². The summed E-state index contributed by atoms with van der Waals surface area (Å²) in [6.07, 6.45) is 0. The molecule has 0 aromatic heterocycles. The number of hydrogen-bond acceptors (Lipinski definition) is 5. The van der Waals surface area contributed by atoms with E-state index in [1.54, 1.807) is 19.2 Å². The van der Waals surface area contributed by atoms with E-state index in [0.717, 1.165) is 11.1 Å². The van der Waals surface area contributed by atoms with Crippen LogP contribution >= 0.6 is 0 Å². The Balaban J connectivity index is 2.06. The highest BCUT2D eigenvalue weighted by Gasteiger charge is 2.15. The first-order valence-electron chi connectivity index (χ1n) is 7.34. The second-order valence-electron chi connectivity index (χ2n) is 5.00. The smallest absolute Gasteiger partial charge is 0.310 e. The van der Waals surface area contributed by atoms with E-state index in [0.29, 0.717) is 26.3 Å². The minimum atomic E-state index is -0.428. The van der Waals surface area contributed by atoms with Crippen molar-refractivity contribution in [3.63, 3.8) is 0 Å². The van der Waals surface area contributed by atoms with Crippen molar-refractivity contribution in [3.05, 3.63) is 69.8 Å². The zero-order valence-corrected chi connectivity index (χ0v) is 13.0. The molecule has 0 spiro atoms. The molecule has 0 bridgehead atoms. The molecule has 0 aliphatic heterocycles. The molecule has 0 fully saturated rings. The molecule has 0 unspecified atom stereocenters. The molecule has 122 valence electrons. The Morgan fingerprint density at radius 2 is 1.91 bits per heavy atom. The molecule has 6 nitrogen and oxygen atoms in total. The van der Waals surface area contributed by atoms with Crippen molar-refractivity contribution >= 4 is 5.69 Å². The number of ether oxygens (including phenoxy) is 2. The van der Waals surface area contributed by atoms with Crippen LogP contribution in [0.25, 0.3) is 0 Å². The lowest BCUT2D eigenvalue weighted by Crippen LogP contribution is -2.18. The molecule has 0 atom stereocenters. The molecule has 2 aromatic carbocycles. The van der Waals surface area contributed by atoms with E-state index in [-0.39, 0.29) is 11.4 Å². The second kappa shape index (κ2) is 8.87. The molecule has 23 heavy (non-hydrogen) atoms. The van der Waals surface area contributed by atoms with E-state index in [4.69, 9.17) is 9.47 Å². The summed E-state index contributed by atoms with van der Waals surface area (Å²) in [6.45, 7) is 2.23. The van der Waals surface area contributed by atoms with Crippen LogP contribution in [-0.4, -0.2) is 25.2 Å². The highest BCUT2D eigenvalue weighted by Crippen LogP contribution is 2.28. The minimum Gasteiger partial charge on any atom is -0.482 e. The predicted octanol–water partition coefficient (Wildman–Crippen LogP) is 2.91. The zero-order valence-electron chi connectivity index (χ0n) is 13.0. The standard InChI is InChI=1S/C17H20N2O4/c1-22-10-9-18-12-15-7-8-16(19(20)21)17(11-15)23-13-14-5-3-2-4-6-14/h2-8,11,18H,9-10,12-13H2,1H3. The Morgan fingerprint density at radius 1 is 1.13 bits per heavy atom. The summed E-state index contributed by atoms with van der Waals surface area (Å²) in [7, 11) is 1.64. The van der Waals surface area contributed by atoms with Crippen molar-refractivity contribution in [2.24, 2.45) is 0 Å². The van der Waals surface area contributed by atoms with Gasteiger partial charge in [-0.05, 0) is 17.2 Å². The molecule has 6 heteroatoms. The summed E-state index contributed by atoms with van der Waals surface area (Å²) < 4.78 is 10.6. The number of benzene rings is 2. The van der Waals surface area contributed by atoms with E-state index in [1.807, 2.05) is 30.3 Å². The van der Waals surface area contributed by atoms with Gasteiger partial charge in [-0.15, -0.1) is 0 Å². The Labute approximate surface area is 135 Å².